The summed E-state index contributed by atoms with van der Waals surface area (Å²) >= 11 is 0. The number of aromatic amines is 1. The van der Waals surface area contributed by atoms with Crippen LogP contribution in [0.2, 0.25) is 0 Å². The first-order valence-electron chi connectivity index (χ1n) is 8.69. The van der Waals surface area contributed by atoms with Gasteiger partial charge in [-0.2, -0.15) is 0 Å². The molecule has 1 aromatic carbocycles. The number of H-pyrrole nitrogens is 1. The van der Waals surface area contributed by atoms with Gasteiger partial charge < -0.3 is 24.5 Å². The Morgan fingerprint density at radius 1 is 1.11 bits per heavy atom. The Bertz CT molecular complexity index is 845. The Labute approximate surface area is 158 Å². The molecule has 2 aromatic rings. The SMILES string of the molecule is COc1ccc(C(NC(=O)COc2c[nH]c(C)cc2=O)C(C)C)cc1OC. The number of benzene rings is 1. The highest BCUT2D eigenvalue weighted by Gasteiger charge is 2.20. The molecule has 0 aliphatic rings. The standard InChI is InChI=1S/C20H26N2O5/c1-12(2)20(14-6-7-16(25-4)17(9-14)26-5)22-19(24)11-27-18-10-21-13(3)8-15(18)23/h6-10,12,20H,11H2,1-5H3,(H,21,23)(H,22,24). The molecule has 2 N–H and O–H groups in total. The van der Waals surface area contributed by atoms with Gasteiger partial charge in [0.15, 0.2) is 23.9 Å². The fourth-order valence-corrected chi connectivity index (χ4v) is 2.71. The number of methoxy groups -OCH3 is 2. The molecule has 1 atom stereocenters. The van der Waals surface area contributed by atoms with Crippen molar-refractivity contribution in [2.75, 3.05) is 20.8 Å². The van der Waals surface area contributed by atoms with Crippen molar-refractivity contribution in [3.8, 4) is 17.2 Å². The Hall–Kier alpha value is -2.96. The summed E-state index contributed by atoms with van der Waals surface area (Å²) in [6, 6.07) is 6.72. The number of carbonyl (C=O) groups is 1. The molecule has 1 amide bonds. The average Bonchev–Trinajstić information content (AvgIpc) is 2.64. The van der Waals surface area contributed by atoms with Gasteiger partial charge in [-0.3, -0.25) is 9.59 Å². The lowest BCUT2D eigenvalue weighted by molar-refractivity contribution is -0.124. The van der Waals surface area contributed by atoms with Crippen molar-refractivity contribution in [2.24, 2.45) is 5.92 Å². The Morgan fingerprint density at radius 2 is 1.81 bits per heavy atom. The highest BCUT2D eigenvalue weighted by molar-refractivity contribution is 5.78. The van der Waals surface area contributed by atoms with Crippen LogP contribution in [0.1, 0.15) is 31.1 Å². The van der Waals surface area contributed by atoms with Crippen molar-refractivity contribution in [2.45, 2.75) is 26.8 Å². The molecule has 0 saturated carbocycles. The van der Waals surface area contributed by atoms with E-state index in [4.69, 9.17) is 14.2 Å². The summed E-state index contributed by atoms with van der Waals surface area (Å²) < 4.78 is 15.9. The normalized spacial score (nSPS) is 11.8. The van der Waals surface area contributed by atoms with Gasteiger partial charge in [-0.1, -0.05) is 19.9 Å². The lowest BCUT2D eigenvalue weighted by Gasteiger charge is -2.24. The molecular weight excluding hydrogens is 348 g/mol. The minimum Gasteiger partial charge on any atom is -0.493 e. The van der Waals surface area contributed by atoms with E-state index in [9.17, 15) is 9.59 Å². The Kier molecular flexibility index (Phi) is 6.87. The molecule has 0 aliphatic heterocycles. The van der Waals surface area contributed by atoms with E-state index in [0.29, 0.717) is 11.5 Å². The topological polar surface area (TPSA) is 89.7 Å². The fourth-order valence-electron chi connectivity index (χ4n) is 2.71. The first kappa shape index (κ1) is 20.4. The third kappa shape index (κ3) is 5.26. The molecule has 7 nitrogen and oxygen atoms in total. The first-order chi connectivity index (χ1) is 12.8. The van der Waals surface area contributed by atoms with E-state index in [1.54, 1.807) is 27.2 Å². The van der Waals surface area contributed by atoms with E-state index in [2.05, 4.69) is 10.3 Å². The van der Waals surface area contributed by atoms with Crippen molar-refractivity contribution in [3.05, 3.63) is 51.9 Å². The minimum absolute atomic E-state index is 0.114. The molecule has 146 valence electrons. The zero-order chi connectivity index (χ0) is 20.0. The van der Waals surface area contributed by atoms with Crippen molar-refractivity contribution >= 4 is 5.91 Å². The summed E-state index contributed by atoms with van der Waals surface area (Å²) in [5.74, 6) is 1.15. The number of pyridine rings is 1. The van der Waals surface area contributed by atoms with Crippen LogP contribution in [0.25, 0.3) is 0 Å². The molecule has 0 spiro atoms. The molecule has 0 fully saturated rings. The van der Waals surface area contributed by atoms with Gasteiger partial charge in [0.25, 0.3) is 5.91 Å². The van der Waals surface area contributed by atoms with E-state index in [1.165, 1.54) is 12.3 Å². The summed E-state index contributed by atoms with van der Waals surface area (Å²) in [5.41, 5.74) is 1.36. The maximum Gasteiger partial charge on any atom is 0.258 e. The van der Waals surface area contributed by atoms with Crippen molar-refractivity contribution in [1.82, 2.24) is 10.3 Å². The lowest BCUT2D eigenvalue weighted by Crippen LogP contribution is -2.35. The highest BCUT2D eigenvalue weighted by Crippen LogP contribution is 2.32. The van der Waals surface area contributed by atoms with Gasteiger partial charge in [0.1, 0.15) is 0 Å². The second kappa shape index (κ2) is 9.12. The van der Waals surface area contributed by atoms with Crippen LogP contribution in [-0.2, 0) is 4.79 Å². The molecule has 0 aliphatic carbocycles. The molecule has 1 heterocycles. The summed E-state index contributed by atoms with van der Waals surface area (Å²) in [4.78, 5) is 27.1. The molecule has 0 radical (unpaired) electrons. The van der Waals surface area contributed by atoms with Crippen LogP contribution < -0.4 is 25.0 Å². The van der Waals surface area contributed by atoms with Gasteiger partial charge in [0, 0.05) is 18.0 Å². The van der Waals surface area contributed by atoms with Gasteiger partial charge in [-0.25, -0.2) is 0 Å². The number of hydrogen-bond donors (Lipinski definition) is 2. The Morgan fingerprint density at radius 3 is 2.41 bits per heavy atom. The molecule has 7 heteroatoms. The number of carbonyl (C=O) groups excluding carboxylic acids is 1. The van der Waals surface area contributed by atoms with Crippen LogP contribution in [0, 0.1) is 12.8 Å². The number of aryl methyl sites for hydroxylation is 1. The number of hydrogen-bond acceptors (Lipinski definition) is 5. The van der Waals surface area contributed by atoms with Crippen LogP contribution in [0.4, 0.5) is 0 Å². The minimum atomic E-state index is -0.316. The van der Waals surface area contributed by atoms with Gasteiger partial charge >= 0.3 is 0 Å². The predicted molar refractivity (Wildman–Crippen MR) is 103 cm³/mol. The first-order valence-corrected chi connectivity index (χ1v) is 8.69. The summed E-state index contributed by atoms with van der Waals surface area (Å²) in [7, 11) is 3.14. The van der Waals surface area contributed by atoms with Gasteiger partial charge in [0.05, 0.1) is 20.3 Å². The molecule has 1 unspecified atom stereocenters. The summed E-state index contributed by atoms with van der Waals surface area (Å²) in [5, 5.41) is 2.95. The number of rotatable bonds is 8. The second-order valence-electron chi connectivity index (χ2n) is 6.54. The quantitative estimate of drug-likeness (QED) is 0.741. The zero-order valence-corrected chi connectivity index (χ0v) is 16.3. The summed E-state index contributed by atoms with van der Waals surface area (Å²) in [6.45, 7) is 5.54. The maximum absolute atomic E-state index is 12.4. The van der Waals surface area contributed by atoms with E-state index in [-0.39, 0.29) is 35.7 Å². The van der Waals surface area contributed by atoms with Crippen LogP contribution in [0.5, 0.6) is 17.2 Å². The molecule has 27 heavy (non-hydrogen) atoms. The van der Waals surface area contributed by atoms with Crippen molar-refractivity contribution in [3.63, 3.8) is 0 Å². The molecule has 2 rings (SSSR count). The monoisotopic (exact) mass is 374 g/mol. The van der Waals surface area contributed by atoms with Crippen LogP contribution in [-0.4, -0.2) is 31.7 Å². The zero-order valence-electron chi connectivity index (χ0n) is 16.3. The molecular formula is C20H26N2O5. The van der Waals surface area contributed by atoms with Crippen LogP contribution in [0.15, 0.2) is 35.3 Å². The largest absolute Gasteiger partial charge is 0.493 e. The number of amides is 1. The fraction of sp³-hybridized carbons (Fsp3) is 0.400. The third-order valence-electron chi connectivity index (χ3n) is 4.13. The van der Waals surface area contributed by atoms with E-state index >= 15 is 0 Å². The second-order valence-corrected chi connectivity index (χ2v) is 6.54. The maximum atomic E-state index is 12.4. The highest BCUT2D eigenvalue weighted by atomic mass is 16.5. The van der Waals surface area contributed by atoms with Crippen molar-refractivity contribution in [1.29, 1.82) is 0 Å². The van der Waals surface area contributed by atoms with Crippen LogP contribution in [0.3, 0.4) is 0 Å². The lowest BCUT2D eigenvalue weighted by atomic mass is 9.95. The number of aromatic nitrogens is 1. The van der Waals surface area contributed by atoms with Gasteiger partial charge in [-0.15, -0.1) is 0 Å². The van der Waals surface area contributed by atoms with E-state index in [1.807, 2.05) is 26.0 Å². The number of ether oxygens (including phenoxy) is 3. The third-order valence-corrected chi connectivity index (χ3v) is 4.13. The predicted octanol–water partition coefficient (Wildman–Crippen LogP) is 2.59. The van der Waals surface area contributed by atoms with Gasteiger partial charge in [0.2, 0.25) is 5.43 Å². The number of nitrogens with one attached hydrogen (secondary N) is 2. The van der Waals surface area contributed by atoms with Crippen molar-refractivity contribution < 1.29 is 19.0 Å². The molecule has 0 saturated heterocycles. The molecule has 1 aromatic heterocycles. The Balaban J connectivity index is 2.09. The van der Waals surface area contributed by atoms with Crippen LogP contribution >= 0.6 is 0 Å². The van der Waals surface area contributed by atoms with E-state index < -0.39 is 0 Å². The average molecular weight is 374 g/mol. The molecule has 0 bridgehead atoms. The van der Waals surface area contributed by atoms with E-state index in [0.717, 1.165) is 11.3 Å². The van der Waals surface area contributed by atoms with Gasteiger partial charge in [-0.05, 0) is 30.5 Å². The smallest absolute Gasteiger partial charge is 0.258 e. The summed E-state index contributed by atoms with van der Waals surface area (Å²) in [6.07, 6.45) is 1.46.